The van der Waals surface area contributed by atoms with Crippen LogP contribution >= 0.6 is 0 Å². The summed E-state index contributed by atoms with van der Waals surface area (Å²) >= 11 is 0. The van der Waals surface area contributed by atoms with Crippen molar-refractivity contribution in [3.05, 3.63) is 95.6 Å². The molecule has 3 aromatic carbocycles. The topological polar surface area (TPSA) is 38.3 Å². The fraction of sp³-hybridized carbons (Fsp3) is 0.0952. The maximum absolute atomic E-state index is 13.5. The third kappa shape index (κ3) is 4.66. The molecule has 0 unspecified atom stereocenters. The SMILES string of the molecule is O=C(COc1ccc(F)cc1F)Nc1ccccc1Cc1ccccc1. The first kappa shape index (κ1) is 17.6. The van der Waals surface area contributed by atoms with Crippen LogP contribution in [0.3, 0.4) is 0 Å². The number of anilines is 1. The van der Waals surface area contributed by atoms with Crippen LogP contribution in [-0.2, 0) is 11.2 Å². The molecule has 132 valence electrons. The van der Waals surface area contributed by atoms with E-state index in [0.717, 1.165) is 23.3 Å². The Kier molecular flexibility index (Phi) is 5.59. The number of hydrogen-bond acceptors (Lipinski definition) is 2. The lowest BCUT2D eigenvalue weighted by Crippen LogP contribution is -2.21. The monoisotopic (exact) mass is 353 g/mol. The zero-order chi connectivity index (χ0) is 18.4. The molecule has 0 saturated carbocycles. The normalized spacial score (nSPS) is 10.4. The van der Waals surface area contributed by atoms with Crippen molar-refractivity contribution < 1.29 is 18.3 Å². The molecule has 3 aromatic rings. The Bertz CT molecular complexity index is 898. The van der Waals surface area contributed by atoms with Crippen LogP contribution in [0.15, 0.2) is 72.8 Å². The molecule has 0 radical (unpaired) electrons. The van der Waals surface area contributed by atoms with Crippen molar-refractivity contribution in [2.75, 3.05) is 11.9 Å². The van der Waals surface area contributed by atoms with Gasteiger partial charge in [0.25, 0.3) is 5.91 Å². The second kappa shape index (κ2) is 8.25. The summed E-state index contributed by atoms with van der Waals surface area (Å²) in [6.07, 6.45) is 0.671. The van der Waals surface area contributed by atoms with Gasteiger partial charge in [0, 0.05) is 11.8 Å². The van der Waals surface area contributed by atoms with Gasteiger partial charge in [-0.2, -0.15) is 0 Å². The van der Waals surface area contributed by atoms with Gasteiger partial charge in [-0.3, -0.25) is 4.79 Å². The van der Waals surface area contributed by atoms with Crippen LogP contribution in [0.25, 0.3) is 0 Å². The van der Waals surface area contributed by atoms with Gasteiger partial charge < -0.3 is 10.1 Å². The molecule has 0 atom stereocenters. The third-order valence-electron chi connectivity index (χ3n) is 3.78. The van der Waals surface area contributed by atoms with E-state index >= 15 is 0 Å². The van der Waals surface area contributed by atoms with E-state index < -0.39 is 17.5 Å². The Labute approximate surface area is 150 Å². The number of carbonyl (C=O) groups is 1. The molecule has 0 spiro atoms. The molecule has 1 N–H and O–H groups in total. The molecular weight excluding hydrogens is 336 g/mol. The smallest absolute Gasteiger partial charge is 0.262 e. The molecule has 0 aromatic heterocycles. The van der Waals surface area contributed by atoms with Crippen molar-refractivity contribution in [2.45, 2.75) is 6.42 Å². The number of carbonyl (C=O) groups excluding carboxylic acids is 1. The van der Waals surface area contributed by atoms with Crippen molar-refractivity contribution >= 4 is 11.6 Å². The maximum Gasteiger partial charge on any atom is 0.262 e. The first-order valence-corrected chi connectivity index (χ1v) is 8.11. The molecule has 1 amide bonds. The summed E-state index contributed by atoms with van der Waals surface area (Å²) in [7, 11) is 0. The molecule has 0 aliphatic heterocycles. The standard InChI is InChI=1S/C21H17F2NO2/c22-17-10-11-20(18(23)13-17)26-14-21(25)24-19-9-5-4-8-16(19)12-15-6-2-1-3-7-15/h1-11,13H,12,14H2,(H,24,25). The molecule has 5 heteroatoms. The molecule has 0 fully saturated rings. The minimum absolute atomic E-state index is 0.167. The van der Waals surface area contributed by atoms with Gasteiger partial charge in [0.15, 0.2) is 18.2 Å². The average Bonchev–Trinajstić information content (AvgIpc) is 2.63. The van der Waals surface area contributed by atoms with Crippen molar-refractivity contribution in [1.29, 1.82) is 0 Å². The average molecular weight is 353 g/mol. The number of nitrogens with one attached hydrogen (secondary N) is 1. The summed E-state index contributed by atoms with van der Waals surface area (Å²) in [6.45, 7) is -0.373. The molecule has 0 aliphatic rings. The Hall–Kier alpha value is -3.21. The molecule has 0 saturated heterocycles. The van der Waals surface area contributed by atoms with E-state index in [1.54, 1.807) is 6.07 Å². The van der Waals surface area contributed by atoms with Crippen molar-refractivity contribution in [1.82, 2.24) is 0 Å². The Balaban J connectivity index is 1.64. The summed E-state index contributed by atoms with van der Waals surface area (Å²) in [4.78, 5) is 12.1. The fourth-order valence-corrected chi connectivity index (χ4v) is 2.53. The molecule has 26 heavy (non-hydrogen) atoms. The lowest BCUT2D eigenvalue weighted by molar-refractivity contribution is -0.118. The summed E-state index contributed by atoms with van der Waals surface area (Å²) in [6, 6.07) is 20.3. The van der Waals surface area contributed by atoms with Crippen molar-refractivity contribution in [3.8, 4) is 5.75 Å². The molecule has 3 rings (SSSR count). The van der Waals surface area contributed by atoms with Crippen LogP contribution in [0.2, 0.25) is 0 Å². The molecule has 0 heterocycles. The minimum Gasteiger partial charge on any atom is -0.481 e. The van der Waals surface area contributed by atoms with Gasteiger partial charge in [-0.05, 0) is 35.7 Å². The summed E-state index contributed by atoms with van der Waals surface area (Å²) in [5, 5.41) is 2.77. The Morgan fingerprint density at radius 1 is 0.923 bits per heavy atom. The zero-order valence-electron chi connectivity index (χ0n) is 13.9. The van der Waals surface area contributed by atoms with Gasteiger partial charge in [-0.25, -0.2) is 8.78 Å². The van der Waals surface area contributed by atoms with E-state index in [-0.39, 0.29) is 12.4 Å². The Morgan fingerprint density at radius 2 is 1.65 bits per heavy atom. The number of hydrogen-bond donors (Lipinski definition) is 1. The summed E-state index contributed by atoms with van der Waals surface area (Å²) in [5.74, 6) is -2.13. The van der Waals surface area contributed by atoms with E-state index in [2.05, 4.69) is 5.32 Å². The number of ether oxygens (including phenoxy) is 1. The molecule has 3 nitrogen and oxygen atoms in total. The van der Waals surface area contributed by atoms with Gasteiger partial charge in [0.2, 0.25) is 0 Å². The highest BCUT2D eigenvalue weighted by Gasteiger charge is 2.10. The van der Waals surface area contributed by atoms with E-state index in [0.29, 0.717) is 18.2 Å². The molecule has 0 bridgehead atoms. The fourth-order valence-electron chi connectivity index (χ4n) is 2.53. The van der Waals surface area contributed by atoms with E-state index in [9.17, 15) is 13.6 Å². The van der Waals surface area contributed by atoms with Crippen LogP contribution in [0.5, 0.6) is 5.75 Å². The van der Waals surface area contributed by atoms with Gasteiger partial charge >= 0.3 is 0 Å². The first-order chi connectivity index (χ1) is 12.6. The minimum atomic E-state index is -0.845. The van der Waals surface area contributed by atoms with E-state index in [4.69, 9.17) is 4.74 Å². The lowest BCUT2D eigenvalue weighted by atomic mass is 10.0. The number of amides is 1. The second-order valence-corrected chi connectivity index (χ2v) is 5.73. The molecular formula is C21H17F2NO2. The van der Waals surface area contributed by atoms with Crippen LogP contribution in [0.1, 0.15) is 11.1 Å². The number of para-hydroxylation sites is 1. The predicted molar refractivity (Wildman–Crippen MR) is 96.2 cm³/mol. The van der Waals surface area contributed by atoms with Crippen molar-refractivity contribution in [2.24, 2.45) is 0 Å². The number of rotatable bonds is 6. The first-order valence-electron chi connectivity index (χ1n) is 8.11. The summed E-state index contributed by atoms with van der Waals surface area (Å²) < 4.78 is 31.6. The highest BCUT2D eigenvalue weighted by Crippen LogP contribution is 2.20. The number of halogens is 2. The molecule has 0 aliphatic carbocycles. The van der Waals surface area contributed by atoms with Gasteiger partial charge in [0.05, 0.1) is 0 Å². The third-order valence-corrected chi connectivity index (χ3v) is 3.78. The van der Waals surface area contributed by atoms with Crippen LogP contribution in [-0.4, -0.2) is 12.5 Å². The number of benzene rings is 3. The highest BCUT2D eigenvalue weighted by molar-refractivity contribution is 5.92. The van der Waals surface area contributed by atoms with Crippen LogP contribution in [0, 0.1) is 11.6 Å². The van der Waals surface area contributed by atoms with Gasteiger partial charge in [0.1, 0.15) is 5.82 Å². The highest BCUT2D eigenvalue weighted by atomic mass is 19.1. The predicted octanol–water partition coefficient (Wildman–Crippen LogP) is 4.57. The largest absolute Gasteiger partial charge is 0.481 e. The summed E-state index contributed by atoms with van der Waals surface area (Å²) in [5.41, 5.74) is 2.75. The second-order valence-electron chi connectivity index (χ2n) is 5.73. The van der Waals surface area contributed by atoms with Crippen molar-refractivity contribution in [3.63, 3.8) is 0 Å². The van der Waals surface area contributed by atoms with Crippen LogP contribution < -0.4 is 10.1 Å². The maximum atomic E-state index is 13.5. The van der Waals surface area contributed by atoms with Crippen LogP contribution in [0.4, 0.5) is 14.5 Å². The van der Waals surface area contributed by atoms with Gasteiger partial charge in [-0.15, -0.1) is 0 Å². The van der Waals surface area contributed by atoms with E-state index in [1.807, 2.05) is 48.5 Å². The van der Waals surface area contributed by atoms with E-state index in [1.165, 1.54) is 0 Å². The lowest BCUT2D eigenvalue weighted by Gasteiger charge is -2.12. The van der Waals surface area contributed by atoms with Gasteiger partial charge in [-0.1, -0.05) is 48.5 Å². The quantitative estimate of drug-likeness (QED) is 0.705. The Morgan fingerprint density at radius 3 is 2.42 bits per heavy atom. The zero-order valence-corrected chi connectivity index (χ0v) is 13.9.